The third kappa shape index (κ3) is 7.24. The molecule has 0 N–H and O–H groups in total. The van der Waals surface area contributed by atoms with Crippen molar-refractivity contribution in [2.24, 2.45) is 0 Å². The number of aryl methyl sites for hydroxylation is 2. The summed E-state index contributed by atoms with van der Waals surface area (Å²) in [7, 11) is 0. The number of benzene rings is 6. The van der Waals surface area contributed by atoms with Crippen LogP contribution >= 0.6 is 0 Å². The van der Waals surface area contributed by atoms with Crippen LogP contribution in [0.4, 0.5) is 34.1 Å². The van der Waals surface area contributed by atoms with Crippen LogP contribution in [0.3, 0.4) is 0 Å². The van der Waals surface area contributed by atoms with Gasteiger partial charge in [-0.25, -0.2) is 0 Å². The number of hydrogen-bond acceptors (Lipinski definition) is 2. The molecule has 1 unspecified atom stereocenters. The second-order valence-electron chi connectivity index (χ2n) is 17.6. The number of fused-ring (bicyclic) bond motifs is 2. The minimum absolute atomic E-state index is 0.0686. The number of nitrogens with zero attached hydrogens (tertiary/aromatic N) is 2. The fourth-order valence-corrected chi connectivity index (χ4v) is 7.87. The first-order valence-corrected chi connectivity index (χ1v) is 20.0. The van der Waals surface area contributed by atoms with Crippen LogP contribution in [0.1, 0.15) is 113 Å². The van der Waals surface area contributed by atoms with Crippen molar-refractivity contribution in [3.8, 4) is 0 Å². The number of allylic oxidation sites excluding steroid dienone is 1. The van der Waals surface area contributed by atoms with Gasteiger partial charge in [-0.1, -0.05) is 139 Å². The lowest BCUT2D eigenvalue weighted by Gasteiger charge is -2.36. The van der Waals surface area contributed by atoms with Gasteiger partial charge in [0.25, 0.3) is 0 Å². The van der Waals surface area contributed by atoms with Gasteiger partial charge >= 0.3 is 0 Å². The van der Waals surface area contributed by atoms with Crippen LogP contribution in [0.15, 0.2) is 121 Å². The SMILES string of the molecule is CCC(C)c1ccc2c(N(c3ccc(C)cc3)c3ccc(C(C)(C)C)cc3)c3c(c(N(c4ccc(C)cc4)c4ccc(C(C)(C)C)cc4)c2c1)C=CCC3. The smallest absolute Gasteiger partial charge is 0.0616 e. The van der Waals surface area contributed by atoms with Gasteiger partial charge in [0.2, 0.25) is 0 Å². The summed E-state index contributed by atoms with van der Waals surface area (Å²) in [6, 6.07) is 44.1. The molecule has 1 aliphatic carbocycles. The zero-order valence-electron chi connectivity index (χ0n) is 34.2. The molecule has 0 saturated carbocycles. The highest BCUT2D eigenvalue weighted by molar-refractivity contribution is 6.12. The molecule has 0 aliphatic heterocycles. The summed E-state index contributed by atoms with van der Waals surface area (Å²) in [5.74, 6) is 0.439. The molecule has 2 nitrogen and oxygen atoms in total. The third-order valence-electron chi connectivity index (χ3n) is 11.5. The molecule has 6 aromatic rings. The Morgan fingerprint density at radius 1 is 0.556 bits per heavy atom. The Labute approximate surface area is 325 Å². The standard InChI is InChI=1S/C52H58N2/c1-11-37(4)38-20-33-47-48(34-38)50(54(42-27-18-36(3)19-28-42)44-31-23-40(24-32-44)52(8,9)10)46-15-13-12-14-45(46)49(47)53(41-25-16-35(2)17-26-41)43-29-21-39(22-30-43)51(5,6)7/h13,15-34,37H,11-12,14H2,1-10H3. The summed E-state index contributed by atoms with van der Waals surface area (Å²) in [5, 5.41) is 2.55. The van der Waals surface area contributed by atoms with Gasteiger partial charge in [0, 0.05) is 39.1 Å². The monoisotopic (exact) mass is 710 g/mol. The van der Waals surface area contributed by atoms with E-state index >= 15 is 0 Å². The molecule has 0 bridgehead atoms. The average Bonchev–Trinajstić information content (AvgIpc) is 3.16. The molecule has 0 radical (unpaired) electrons. The van der Waals surface area contributed by atoms with Crippen LogP contribution in [0.5, 0.6) is 0 Å². The van der Waals surface area contributed by atoms with Crippen LogP contribution in [0.25, 0.3) is 16.8 Å². The second kappa shape index (κ2) is 14.6. The van der Waals surface area contributed by atoms with E-state index in [0.29, 0.717) is 5.92 Å². The van der Waals surface area contributed by atoms with Crippen LogP contribution in [0.2, 0.25) is 0 Å². The maximum Gasteiger partial charge on any atom is 0.0616 e. The number of hydrogen-bond donors (Lipinski definition) is 0. The zero-order chi connectivity index (χ0) is 38.4. The van der Waals surface area contributed by atoms with Gasteiger partial charge in [-0.15, -0.1) is 0 Å². The first kappa shape index (κ1) is 37.2. The maximum absolute atomic E-state index is 2.53. The van der Waals surface area contributed by atoms with Gasteiger partial charge in [-0.2, -0.15) is 0 Å². The fraction of sp³-hybridized carbons (Fsp3) is 0.308. The minimum Gasteiger partial charge on any atom is -0.310 e. The van der Waals surface area contributed by atoms with Crippen molar-refractivity contribution in [1.82, 2.24) is 0 Å². The highest BCUT2D eigenvalue weighted by Crippen LogP contribution is 2.52. The van der Waals surface area contributed by atoms with E-state index in [1.807, 2.05) is 0 Å². The summed E-state index contributed by atoms with van der Waals surface area (Å²) >= 11 is 0. The highest BCUT2D eigenvalue weighted by Gasteiger charge is 2.30. The van der Waals surface area contributed by atoms with Crippen molar-refractivity contribution in [1.29, 1.82) is 0 Å². The summed E-state index contributed by atoms with van der Waals surface area (Å²) in [5.41, 5.74) is 16.6. The highest BCUT2D eigenvalue weighted by atomic mass is 15.2. The molecule has 7 rings (SSSR count). The normalized spacial score (nSPS) is 13.5. The molecule has 54 heavy (non-hydrogen) atoms. The number of anilines is 6. The van der Waals surface area contributed by atoms with E-state index in [9.17, 15) is 0 Å². The summed E-state index contributed by atoms with van der Waals surface area (Å²) in [6.45, 7) is 22.8. The quantitative estimate of drug-likeness (QED) is 0.145. The molecule has 2 heteroatoms. The summed E-state index contributed by atoms with van der Waals surface area (Å²) in [4.78, 5) is 5.06. The molecule has 1 atom stereocenters. The summed E-state index contributed by atoms with van der Waals surface area (Å²) < 4.78 is 0. The molecule has 0 aromatic heterocycles. The fourth-order valence-electron chi connectivity index (χ4n) is 7.87. The molecule has 276 valence electrons. The molecular formula is C52H58N2. The molecule has 0 amide bonds. The van der Waals surface area contributed by atoms with Crippen LogP contribution in [-0.4, -0.2) is 0 Å². The zero-order valence-corrected chi connectivity index (χ0v) is 34.2. The molecule has 1 aliphatic rings. The van der Waals surface area contributed by atoms with Gasteiger partial charge in [-0.3, -0.25) is 0 Å². The van der Waals surface area contributed by atoms with Gasteiger partial charge in [-0.05, 0) is 127 Å². The Bertz CT molecular complexity index is 2280. The lowest BCUT2D eigenvalue weighted by molar-refractivity contribution is 0.590. The van der Waals surface area contributed by atoms with E-state index in [0.717, 1.165) is 19.3 Å². The summed E-state index contributed by atoms with van der Waals surface area (Å²) in [6.07, 6.45) is 7.85. The van der Waals surface area contributed by atoms with E-state index in [2.05, 4.69) is 206 Å². The Balaban J connectivity index is 1.59. The second-order valence-corrected chi connectivity index (χ2v) is 17.6. The first-order valence-electron chi connectivity index (χ1n) is 20.0. The predicted octanol–water partition coefficient (Wildman–Crippen LogP) is 15.5. The maximum atomic E-state index is 2.53. The van der Waals surface area contributed by atoms with Crippen molar-refractivity contribution < 1.29 is 0 Å². The van der Waals surface area contributed by atoms with E-state index in [1.165, 1.54) is 83.8 Å². The van der Waals surface area contributed by atoms with E-state index in [4.69, 9.17) is 0 Å². The molecule has 0 heterocycles. The first-order chi connectivity index (χ1) is 25.7. The Kier molecular flexibility index (Phi) is 10.1. The minimum atomic E-state index is 0.0686. The largest absolute Gasteiger partial charge is 0.310 e. The van der Waals surface area contributed by atoms with Crippen molar-refractivity contribution in [2.75, 3.05) is 9.80 Å². The van der Waals surface area contributed by atoms with Crippen molar-refractivity contribution in [2.45, 2.75) is 105 Å². The lowest BCUT2D eigenvalue weighted by Crippen LogP contribution is -2.19. The van der Waals surface area contributed by atoms with E-state index in [-0.39, 0.29) is 10.8 Å². The Hall–Kier alpha value is -5.08. The lowest BCUT2D eigenvalue weighted by atomic mass is 9.85. The van der Waals surface area contributed by atoms with Crippen molar-refractivity contribution in [3.63, 3.8) is 0 Å². The van der Waals surface area contributed by atoms with E-state index in [1.54, 1.807) is 0 Å². The predicted molar refractivity (Wildman–Crippen MR) is 236 cm³/mol. The van der Waals surface area contributed by atoms with Crippen molar-refractivity contribution >= 4 is 51.0 Å². The van der Waals surface area contributed by atoms with Crippen LogP contribution in [-0.2, 0) is 17.3 Å². The van der Waals surface area contributed by atoms with Gasteiger partial charge < -0.3 is 9.80 Å². The Morgan fingerprint density at radius 3 is 1.44 bits per heavy atom. The Morgan fingerprint density at radius 2 is 1.00 bits per heavy atom. The molecule has 0 fully saturated rings. The number of rotatable bonds is 8. The molecule has 0 spiro atoms. The molecule has 6 aromatic carbocycles. The van der Waals surface area contributed by atoms with Crippen LogP contribution in [0, 0.1) is 13.8 Å². The third-order valence-corrected chi connectivity index (χ3v) is 11.5. The average molecular weight is 711 g/mol. The van der Waals surface area contributed by atoms with Crippen molar-refractivity contribution in [3.05, 3.63) is 160 Å². The van der Waals surface area contributed by atoms with Gasteiger partial charge in [0.1, 0.15) is 0 Å². The van der Waals surface area contributed by atoms with Gasteiger partial charge in [0.15, 0.2) is 0 Å². The topological polar surface area (TPSA) is 6.48 Å². The van der Waals surface area contributed by atoms with Gasteiger partial charge in [0.05, 0.1) is 11.4 Å². The molecule has 0 saturated heterocycles. The molecular weight excluding hydrogens is 653 g/mol. The van der Waals surface area contributed by atoms with E-state index < -0.39 is 0 Å². The van der Waals surface area contributed by atoms with Crippen LogP contribution < -0.4 is 9.80 Å².